The maximum Gasteiger partial charge on any atom is 0.241 e. The van der Waals surface area contributed by atoms with E-state index in [-0.39, 0.29) is 42.5 Å². The Hall–Kier alpha value is -0.950. The first-order chi connectivity index (χ1) is 9.08. The summed E-state index contributed by atoms with van der Waals surface area (Å²) in [6.07, 6.45) is 0. The topological polar surface area (TPSA) is 44.4 Å². The number of benzene rings is 1. The number of hydrogen-bond acceptors (Lipinski definition) is 3. The number of piperazine rings is 1. The number of carbonyl (C=O) groups is 1. The standard InChI is InChI=1S/C13H17F2N3O.2ClH/c1-9(18-6-4-16-5-7-18)13(19)17-12-8-10(14)2-3-11(12)15;;/h2-3,8-9,16H,4-7H2,1H3,(H,17,19);2*1H. The summed E-state index contributed by atoms with van der Waals surface area (Å²) in [6, 6.07) is 2.63. The van der Waals surface area contributed by atoms with E-state index in [1.165, 1.54) is 0 Å². The van der Waals surface area contributed by atoms with Crippen LogP contribution in [0.2, 0.25) is 0 Å². The van der Waals surface area contributed by atoms with Gasteiger partial charge in [-0.05, 0) is 19.1 Å². The molecule has 1 fully saturated rings. The molecule has 1 atom stereocenters. The van der Waals surface area contributed by atoms with Crippen LogP contribution in [0.4, 0.5) is 14.5 Å². The van der Waals surface area contributed by atoms with E-state index in [1.54, 1.807) is 6.92 Å². The molecule has 0 aliphatic carbocycles. The highest BCUT2D eigenvalue weighted by Crippen LogP contribution is 2.16. The van der Waals surface area contributed by atoms with Crippen molar-refractivity contribution in [2.24, 2.45) is 0 Å². The summed E-state index contributed by atoms with van der Waals surface area (Å²) in [5.41, 5.74) is -0.119. The second-order valence-electron chi connectivity index (χ2n) is 4.58. The Labute approximate surface area is 135 Å². The monoisotopic (exact) mass is 341 g/mol. The van der Waals surface area contributed by atoms with Gasteiger partial charge in [0.05, 0.1) is 11.7 Å². The highest BCUT2D eigenvalue weighted by Gasteiger charge is 2.23. The average Bonchev–Trinajstić information content (AvgIpc) is 2.43. The Morgan fingerprint density at radius 3 is 2.52 bits per heavy atom. The molecule has 21 heavy (non-hydrogen) atoms. The first-order valence-electron chi connectivity index (χ1n) is 6.28. The molecule has 0 saturated carbocycles. The van der Waals surface area contributed by atoms with Gasteiger partial charge >= 0.3 is 0 Å². The number of amides is 1. The van der Waals surface area contributed by atoms with Crippen LogP contribution in [0.3, 0.4) is 0 Å². The third kappa shape index (κ3) is 5.39. The highest BCUT2D eigenvalue weighted by molar-refractivity contribution is 5.94. The van der Waals surface area contributed by atoms with Crippen LogP contribution in [0.5, 0.6) is 0 Å². The summed E-state index contributed by atoms with van der Waals surface area (Å²) in [5, 5.41) is 5.62. The number of hydrogen-bond donors (Lipinski definition) is 2. The molecule has 1 heterocycles. The number of nitrogens with one attached hydrogen (secondary N) is 2. The predicted molar refractivity (Wildman–Crippen MR) is 83.4 cm³/mol. The third-order valence-corrected chi connectivity index (χ3v) is 3.27. The fraction of sp³-hybridized carbons (Fsp3) is 0.462. The summed E-state index contributed by atoms with van der Waals surface area (Å²) in [4.78, 5) is 14.0. The molecule has 1 amide bonds. The molecule has 0 aromatic heterocycles. The maximum atomic E-state index is 13.4. The molecule has 8 heteroatoms. The molecule has 1 aromatic rings. The molecule has 1 saturated heterocycles. The molecule has 0 radical (unpaired) electrons. The van der Waals surface area contributed by atoms with E-state index in [2.05, 4.69) is 10.6 Å². The predicted octanol–water partition coefficient (Wildman–Crippen LogP) is 2.04. The number of carbonyl (C=O) groups excluding carboxylic acids is 1. The van der Waals surface area contributed by atoms with Crippen molar-refractivity contribution >= 4 is 36.4 Å². The molecule has 0 bridgehead atoms. The fourth-order valence-electron chi connectivity index (χ4n) is 2.07. The van der Waals surface area contributed by atoms with Crippen LogP contribution in [0.15, 0.2) is 18.2 Å². The van der Waals surface area contributed by atoms with Gasteiger partial charge in [0, 0.05) is 32.2 Å². The molecule has 1 aliphatic heterocycles. The Kier molecular flexibility index (Phi) is 8.73. The van der Waals surface area contributed by atoms with Gasteiger partial charge in [-0.25, -0.2) is 8.78 Å². The molecule has 2 N–H and O–H groups in total. The minimum atomic E-state index is -0.637. The van der Waals surface area contributed by atoms with Crippen molar-refractivity contribution in [1.29, 1.82) is 0 Å². The van der Waals surface area contributed by atoms with Crippen LogP contribution in [-0.2, 0) is 4.79 Å². The lowest BCUT2D eigenvalue weighted by Gasteiger charge is -2.31. The molecule has 2 rings (SSSR count). The van der Waals surface area contributed by atoms with E-state index in [4.69, 9.17) is 0 Å². The van der Waals surface area contributed by atoms with E-state index >= 15 is 0 Å². The lowest BCUT2D eigenvalue weighted by molar-refractivity contribution is -0.121. The quantitative estimate of drug-likeness (QED) is 0.884. The maximum absolute atomic E-state index is 13.4. The second-order valence-corrected chi connectivity index (χ2v) is 4.58. The number of nitrogens with zero attached hydrogens (tertiary/aromatic N) is 1. The highest BCUT2D eigenvalue weighted by atomic mass is 35.5. The second kappa shape index (κ2) is 9.15. The molecule has 120 valence electrons. The summed E-state index contributed by atoms with van der Waals surface area (Å²) in [6.45, 7) is 4.94. The molecule has 1 aliphatic rings. The van der Waals surface area contributed by atoms with Crippen LogP contribution < -0.4 is 10.6 Å². The van der Waals surface area contributed by atoms with Crippen LogP contribution in [0, 0.1) is 11.6 Å². The minimum Gasteiger partial charge on any atom is -0.322 e. The summed E-state index contributed by atoms with van der Waals surface area (Å²) in [7, 11) is 0. The first kappa shape index (κ1) is 20.1. The fourth-order valence-corrected chi connectivity index (χ4v) is 2.07. The van der Waals surface area contributed by atoms with Crippen molar-refractivity contribution in [3.8, 4) is 0 Å². The van der Waals surface area contributed by atoms with Gasteiger partial charge in [0.25, 0.3) is 0 Å². The van der Waals surface area contributed by atoms with Crippen molar-refractivity contribution in [1.82, 2.24) is 10.2 Å². The van der Waals surface area contributed by atoms with Gasteiger partial charge in [-0.2, -0.15) is 0 Å². The van der Waals surface area contributed by atoms with Crippen molar-refractivity contribution in [3.63, 3.8) is 0 Å². The smallest absolute Gasteiger partial charge is 0.241 e. The van der Waals surface area contributed by atoms with Gasteiger partial charge in [0.1, 0.15) is 11.6 Å². The van der Waals surface area contributed by atoms with Gasteiger partial charge in [-0.15, -0.1) is 24.8 Å². The number of rotatable bonds is 3. The SMILES string of the molecule is CC(C(=O)Nc1cc(F)ccc1F)N1CCNCC1.Cl.Cl. The van der Waals surface area contributed by atoms with E-state index in [0.29, 0.717) is 0 Å². The largest absolute Gasteiger partial charge is 0.322 e. The minimum absolute atomic E-state index is 0. The molecule has 1 unspecified atom stereocenters. The van der Waals surface area contributed by atoms with Crippen LogP contribution in [-0.4, -0.2) is 43.0 Å². The van der Waals surface area contributed by atoms with Gasteiger partial charge < -0.3 is 10.6 Å². The van der Waals surface area contributed by atoms with Gasteiger partial charge in [0.2, 0.25) is 5.91 Å². The molecular weight excluding hydrogens is 323 g/mol. The Morgan fingerprint density at radius 1 is 1.29 bits per heavy atom. The molecule has 1 aromatic carbocycles. The van der Waals surface area contributed by atoms with Crippen molar-refractivity contribution < 1.29 is 13.6 Å². The summed E-state index contributed by atoms with van der Waals surface area (Å²) >= 11 is 0. The van der Waals surface area contributed by atoms with Crippen LogP contribution >= 0.6 is 24.8 Å². The first-order valence-corrected chi connectivity index (χ1v) is 6.28. The third-order valence-electron chi connectivity index (χ3n) is 3.27. The van der Waals surface area contributed by atoms with Gasteiger partial charge in [0.15, 0.2) is 0 Å². The normalized spacial score (nSPS) is 16.3. The van der Waals surface area contributed by atoms with Gasteiger partial charge in [-0.3, -0.25) is 9.69 Å². The van der Waals surface area contributed by atoms with E-state index in [0.717, 1.165) is 44.4 Å². The van der Waals surface area contributed by atoms with E-state index in [1.807, 2.05) is 4.90 Å². The van der Waals surface area contributed by atoms with E-state index < -0.39 is 11.6 Å². The van der Waals surface area contributed by atoms with E-state index in [9.17, 15) is 13.6 Å². The zero-order valence-electron chi connectivity index (χ0n) is 11.6. The Balaban J connectivity index is 0.00000200. The average molecular weight is 342 g/mol. The van der Waals surface area contributed by atoms with Crippen LogP contribution in [0.25, 0.3) is 0 Å². The molecule has 0 spiro atoms. The van der Waals surface area contributed by atoms with Crippen molar-refractivity contribution in [3.05, 3.63) is 29.8 Å². The van der Waals surface area contributed by atoms with Gasteiger partial charge in [-0.1, -0.05) is 0 Å². The molecule has 4 nitrogen and oxygen atoms in total. The van der Waals surface area contributed by atoms with Crippen molar-refractivity contribution in [2.75, 3.05) is 31.5 Å². The molecular formula is C13H19Cl2F2N3O. The van der Waals surface area contributed by atoms with Crippen LogP contribution in [0.1, 0.15) is 6.92 Å². The summed E-state index contributed by atoms with van der Waals surface area (Å²) in [5.74, 6) is -1.54. The van der Waals surface area contributed by atoms with Crippen molar-refractivity contribution in [2.45, 2.75) is 13.0 Å². The Morgan fingerprint density at radius 2 is 1.90 bits per heavy atom. The zero-order chi connectivity index (χ0) is 13.8. The Bertz CT molecular complexity index is 471. The lowest BCUT2D eigenvalue weighted by Crippen LogP contribution is -2.51. The number of anilines is 1. The summed E-state index contributed by atoms with van der Waals surface area (Å²) < 4.78 is 26.4. The zero-order valence-corrected chi connectivity index (χ0v) is 13.2. The number of halogens is 4. The lowest BCUT2D eigenvalue weighted by atomic mass is 10.2.